The van der Waals surface area contributed by atoms with E-state index in [4.69, 9.17) is 6.42 Å². The van der Waals surface area contributed by atoms with Crippen molar-refractivity contribution >= 4 is 9.84 Å². The lowest BCUT2D eigenvalue weighted by Crippen LogP contribution is -2.04. The van der Waals surface area contributed by atoms with E-state index < -0.39 is 9.84 Å². The van der Waals surface area contributed by atoms with Crippen LogP contribution in [0.2, 0.25) is 0 Å². The minimum absolute atomic E-state index is 0.133. The van der Waals surface area contributed by atoms with Gasteiger partial charge in [0.15, 0.2) is 9.84 Å². The summed E-state index contributed by atoms with van der Waals surface area (Å²) in [5.74, 6) is 3.11. The molecule has 1 aromatic carbocycles. The van der Waals surface area contributed by atoms with Crippen LogP contribution in [0.5, 0.6) is 0 Å². The van der Waals surface area contributed by atoms with E-state index in [0.717, 1.165) is 12.0 Å². The number of terminal acetylenes is 1. The third-order valence-corrected chi connectivity index (χ3v) is 4.70. The fourth-order valence-corrected chi connectivity index (χ4v) is 2.64. The van der Waals surface area contributed by atoms with Gasteiger partial charge in [-0.2, -0.15) is 0 Å². The van der Waals surface area contributed by atoms with E-state index >= 15 is 0 Å². The molecule has 17 heavy (non-hydrogen) atoms. The first-order valence-electron chi connectivity index (χ1n) is 5.81. The highest BCUT2D eigenvalue weighted by Gasteiger charge is 2.13. The molecule has 0 saturated heterocycles. The Morgan fingerprint density at radius 3 is 2.24 bits per heavy atom. The van der Waals surface area contributed by atoms with Gasteiger partial charge >= 0.3 is 0 Å². The highest BCUT2D eigenvalue weighted by molar-refractivity contribution is 7.91. The van der Waals surface area contributed by atoms with Crippen LogP contribution in [0.25, 0.3) is 0 Å². The second kappa shape index (κ2) is 5.88. The van der Waals surface area contributed by atoms with Gasteiger partial charge in [-0.1, -0.05) is 26.0 Å². The van der Waals surface area contributed by atoms with Crippen LogP contribution < -0.4 is 0 Å². The zero-order valence-electron chi connectivity index (χ0n) is 10.3. The SMILES string of the molecule is C#CCC(CC)c1ccc(S(=O)(=O)CC)cc1. The molecule has 0 fully saturated rings. The molecule has 0 saturated carbocycles. The highest BCUT2D eigenvalue weighted by atomic mass is 32.2. The summed E-state index contributed by atoms with van der Waals surface area (Å²) in [6, 6.07) is 7.09. The zero-order chi connectivity index (χ0) is 12.9. The van der Waals surface area contributed by atoms with Crippen molar-refractivity contribution in [1.29, 1.82) is 0 Å². The fraction of sp³-hybridized carbons (Fsp3) is 0.429. The molecule has 0 heterocycles. The first-order chi connectivity index (χ1) is 8.05. The molecular weight excluding hydrogens is 232 g/mol. The molecular formula is C14H18O2S. The van der Waals surface area contributed by atoms with Gasteiger partial charge < -0.3 is 0 Å². The summed E-state index contributed by atoms with van der Waals surface area (Å²) in [4.78, 5) is 0.388. The van der Waals surface area contributed by atoms with Crippen LogP contribution in [0.1, 0.15) is 38.2 Å². The normalized spacial score (nSPS) is 13.0. The molecule has 1 rings (SSSR count). The van der Waals surface area contributed by atoms with Crippen molar-refractivity contribution < 1.29 is 8.42 Å². The molecule has 0 N–H and O–H groups in total. The summed E-state index contributed by atoms with van der Waals surface area (Å²) >= 11 is 0. The van der Waals surface area contributed by atoms with E-state index in [-0.39, 0.29) is 5.75 Å². The summed E-state index contributed by atoms with van der Waals surface area (Å²) < 4.78 is 23.3. The van der Waals surface area contributed by atoms with Gasteiger partial charge in [0.2, 0.25) is 0 Å². The Kier molecular flexibility index (Phi) is 4.77. The summed E-state index contributed by atoms with van der Waals surface area (Å²) in [5, 5.41) is 0. The minimum Gasteiger partial charge on any atom is -0.224 e. The average molecular weight is 250 g/mol. The summed E-state index contributed by atoms with van der Waals surface area (Å²) in [6.45, 7) is 3.73. The van der Waals surface area contributed by atoms with E-state index in [0.29, 0.717) is 17.2 Å². The van der Waals surface area contributed by atoms with Crippen LogP contribution in [0, 0.1) is 12.3 Å². The van der Waals surface area contributed by atoms with Gasteiger partial charge in [-0.3, -0.25) is 0 Å². The van der Waals surface area contributed by atoms with Crippen molar-refractivity contribution in [3.05, 3.63) is 29.8 Å². The lowest BCUT2D eigenvalue weighted by molar-refractivity contribution is 0.597. The second-order valence-corrected chi connectivity index (χ2v) is 6.26. The van der Waals surface area contributed by atoms with Crippen molar-refractivity contribution in [2.24, 2.45) is 0 Å². The van der Waals surface area contributed by atoms with Crippen LogP contribution in [0.3, 0.4) is 0 Å². The smallest absolute Gasteiger partial charge is 0.178 e. The predicted octanol–water partition coefficient (Wildman–Crippen LogP) is 3.00. The summed E-state index contributed by atoms with van der Waals surface area (Å²) in [5.41, 5.74) is 1.11. The Bertz CT molecular complexity index is 492. The molecule has 0 aliphatic carbocycles. The van der Waals surface area contributed by atoms with Gasteiger partial charge in [0.1, 0.15) is 0 Å². The van der Waals surface area contributed by atoms with Crippen molar-refractivity contribution in [2.45, 2.75) is 37.5 Å². The van der Waals surface area contributed by atoms with Gasteiger partial charge in [0.25, 0.3) is 0 Å². The van der Waals surface area contributed by atoms with Gasteiger partial charge in [-0.15, -0.1) is 12.3 Å². The maximum atomic E-state index is 11.6. The molecule has 3 heteroatoms. The maximum absolute atomic E-state index is 11.6. The van der Waals surface area contributed by atoms with E-state index in [1.54, 1.807) is 19.1 Å². The third kappa shape index (κ3) is 3.34. The number of hydrogen-bond donors (Lipinski definition) is 0. The Hall–Kier alpha value is -1.27. The number of rotatable bonds is 5. The Labute approximate surface area is 104 Å². The van der Waals surface area contributed by atoms with E-state index in [1.165, 1.54) is 0 Å². The van der Waals surface area contributed by atoms with Gasteiger partial charge in [-0.25, -0.2) is 8.42 Å². The van der Waals surface area contributed by atoms with Gasteiger partial charge in [-0.05, 0) is 30.0 Å². The summed E-state index contributed by atoms with van der Waals surface area (Å²) in [7, 11) is -3.10. The van der Waals surface area contributed by atoms with Gasteiger partial charge in [0.05, 0.1) is 10.6 Å². The molecule has 0 amide bonds. The molecule has 92 valence electrons. The summed E-state index contributed by atoms with van der Waals surface area (Å²) in [6.07, 6.45) is 6.97. The molecule has 0 bridgehead atoms. The highest BCUT2D eigenvalue weighted by Crippen LogP contribution is 2.24. The first kappa shape index (κ1) is 13.8. The van der Waals surface area contributed by atoms with Crippen LogP contribution >= 0.6 is 0 Å². The molecule has 0 aliphatic rings. The molecule has 0 radical (unpaired) electrons. The monoisotopic (exact) mass is 250 g/mol. The standard InChI is InChI=1S/C14H18O2S/c1-4-7-12(5-2)13-8-10-14(11-9-13)17(15,16)6-3/h1,8-12H,5-7H2,2-3H3. The minimum atomic E-state index is -3.10. The van der Waals surface area contributed by atoms with E-state index in [1.807, 2.05) is 12.1 Å². The van der Waals surface area contributed by atoms with Crippen molar-refractivity contribution in [2.75, 3.05) is 5.75 Å². The predicted molar refractivity (Wildman–Crippen MR) is 70.7 cm³/mol. The average Bonchev–Trinajstić information content (AvgIpc) is 2.36. The molecule has 1 atom stereocenters. The van der Waals surface area contributed by atoms with Crippen LogP contribution in [-0.2, 0) is 9.84 Å². The molecule has 2 nitrogen and oxygen atoms in total. The third-order valence-electron chi connectivity index (χ3n) is 2.95. The molecule has 1 unspecified atom stereocenters. The van der Waals surface area contributed by atoms with Gasteiger partial charge in [0, 0.05) is 6.42 Å². The van der Waals surface area contributed by atoms with Crippen LogP contribution in [0.4, 0.5) is 0 Å². The van der Waals surface area contributed by atoms with E-state index in [2.05, 4.69) is 12.8 Å². The lowest BCUT2D eigenvalue weighted by atomic mass is 9.94. The lowest BCUT2D eigenvalue weighted by Gasteiger charge is -2.12. The largest absolute Gasteiger partial charge is 0.224 e. The molecule has 0 aliphatic heterocycles. The Morgan fingerprint density at radius 1 is 1.24 bits per heavy atom. The molecule has 0 spiro atoms. The quantitative estimate of drug-likeness (QED) is 0.753. The fourth-order valence-electron chi connectivity index (χ4n) is 1.75. The van der Waals surface area contributed by atoms with Crippen molar-refractivity contribution in [1.82, 2.24) is 0 Å². The first-order valence-corrected chi connectivity index (χ1v) is 7.46. The number of hydrogen-bond acceptors (Lipinski definition) is 2. The topological polar surface area (TPSA) is 34.1 Å². The Balaban J connectivity index is 3.00. The van der Waals surface area contributed by atoms with Crippen molar-refractivity contribution in [3.8, 4) is 12.3 Å². The second-order valence-electron chi connectivity index (χ2n) is 3.99. The van der Waals surface area contributed by atoms with E-state index in [9.17, 15) is 8.42 Å². The maximum Gasteiger partial charge on any atom is 0.178 e. The molecule has 1 aromatic rings. The van der Waals surface area contributed by atoms with Crippen LogP contribution in [-0.4, -0.2) is 14.2 Å². The van der Waals surface area contributed by atoms with Crippen LogP contribution in [0.15, 0.2) is 29.2 Å². The van der Waals surface area contributed by atoms with Crippen molar-refractivity contribution in [3.63, 3.8) is 0 Å². The number of benzene rings is 1. The number of sulfone groups is 1. The Morgan fingerprint density at radius 2 is 1.82 bits per heavy atom. The zero-order valence-corrected chi connectivity index (χ0v) is 11.1. The molecule has 0 aromatic heterocycles.